The van der Waals surface area contributed by atoms with Gasteiger partial charge in [0.25, 0.3) is 0 Å². The van der Waals surface area contributed by atoms with Crippen molar-refractivity contribution < 1.29 is 9.47 Å². The first-order valence-corrected chi connectivity index (χ1v) is 7.10. The van der Waals surface area contributed by atoms with Crippen molar-refractivity contribution in [3.8, 4) is 11.5 Å². The highest BCUT2D eigenvalue weighted by molar-refractivity contribution is 5.44. The lowest BCUT2D eigenvalue weighted by Crippen LogP contribution is -2.13. The van der Waals surface area contributed by atoms with Crippen LogP contribution in [0.3, 0.4) is 0 Å². The summed E-state index contributed by atoms with van der Waals surface area (Å²) in [6.45, 7) is 0. The quantitative estimate of drug-likeness (QED) is 0.838. The second-order valence-corrected chi connectivity index (χ2v) is 5.31. The van der Waals surface area contributed by atoms with Crippen LogP contribution in [-0.4, -0.2) is 14.2 Å². The number of rotatable bonds is 3. The Hall–Kier alpha value is -1.96. The van der Waals surface area contributed by atoms with E-state index in [1.165, 1.54) is 23.1 Å². The SMILES string of the molecule is COc1ccc([C@H]2CCc3c(cccc3OC)C2)cc1. The molecule has 2 aromatic rings. The predicted octanol–water partition coefficient (Wildman–Crippen LogP) is 3.98. The molecule has 0 saturated carbocycles. The summed E-state index contributed by atoms with van der Waals surface area (Å²) in [6, 6.07) is 14.9. The molecule has 1 atom stereocenters. The number of methoxy groups -OCH3 is 2. The summed E-state index contributed by atoms with van der Waals surface area (Å²) in [5.74, 6) is 2.56. The Morgan fingerprint density at radius 1 is 0.950 bits per heavy atom. The number of fused-ring (bicyclic) bond motifs is 1. The molecule has 2 aromatic carbocycles. The maximum Gasteiger partial charge on any atom is 0.122 e. The second-order valence-electron chi connectivity index (χ2n) is 5.31. The van der Waals surface area contributed by atoms with Crippen LogP contribution < -0.4 is 9.47 Å². The molecule has 2 heteroatoms. The van der Waals surface area contributed by atoms with E-state index in [0.29, 0.717) is 5.92 Å². The van der Waals surface area contributed by atoms with E-state index < -0.39 is 0 Å². The maximum atomic E-state index is 5.47. The van der Waals surface area contributed by atoms with Gasteiger partial charge in [0, 0.05) is 0 Å². The molecule has 0 amide bonds. The predicted molar refractivity (Wildman–Crippen MR) is 80.8 cm³/mol. The molecule has 0 aromatic heterocycles. The molecule has 2 nitrogen and oxygen atoms in total. The average molecular weight is 268 g/mol. The van der Waals surface area contributed by atoms with Gasteiger partial charge in [-0.3, -0.25) is 0 Å². The third-order valence-corrected chi connectivity index (χ3v) is 4.25. The van der Waals surface area contributed by atoms with E-state index in [1.54, 1.807) is 14.2 Å². The van der Waals surface area contributed by atoms with Gasteiger partial charge >= 0.3 is 0 Å². The zero-order chi connectivity index (χ0) is 13.9. The number of ether oxygens (including phenoxy) is 2. The van der Waals surface area contributed by atoms with E-state index in [2.05, 4.69) is 42.5 Å². The molecule has 1 aliphatic carbocycles. The van der Waals surface area contributed by atoms with Gasteiger partial charge in [-0.2, -0.15) is 0 Å². The van der Waals surface area contributed by atoms with E-state index in [4.69, 9.17) is 9.47 Å². The number of hydrogen-bond donors (Lipinski definition) is 0. The molecule has 0 bridgehead atoms. The van der Waals surface area contributed by atoms with Crippen molar-refractivity contribution in [2.75, 3.05) is 14.2 Å². The highest BCUT2D eigenvalue weighted by Crippen LogP contribution is 2.36. The van der Waals surface area contributed by atoms with Gasteiger partial charge in [0.05, 0.1) is 14.2 Å². The Kier molecular flexibility index (Phi) is 3.64. The van der Waals surface area contributed by atoms with Gasteiger partial charge in [-0.25, -0.2) is 0 Å². The molecule has 0 heterocycles. The number of hydrogen-bond acceptors (Lipinski definition) is 2. The van der Waals surface area contributed by atoms with Crippen LogP contribution in [0.4, 0.5) is 0 Å². The van der Waals surface area contributed by atoms with Crippen molar-refractivity contribution in [3.63, 3.8) is 0 Å². The van der Waals surface area contributed by atoms with Gasteiger partial charge in [-0.05, 0) is 60.1 Å². The molecular formula is C18H20O2. The largest absolute Gasteiger partial charge is 0.497 e. The Balaban J connectivity index is 1.84. The summed E-state index contributed by atoms with van der Waals surface area (Å²) in [5.41, 5.74) is 4.22. The van der Waals surface area contributed by atoms with Crippen LogP contribution in [0, 0.1) is 0 Å². The van der Waals surface area contributed by atoms with Crippen molar-refractivity contribution in [1.82, 2.24) is 0 Å². The monoisotopic (exact) mass is 268 g/mol. The maximum absolute atomic E-state index is 5.47. The fourth-order valence-electron chi connectivity index (χ4n) is 3.12. The summed E-state index contributed by atoms with van der Waals surface area (Å²) in [5, 5.41) is 0. The minimum Gasteiger partial charge on any atom is -0.497 e. The van der Waals surface area contributed by atoms with Crippen LogP contribution in [0.15, 0.2) is 42.5 Å². The summed E-state index contributed by atoms with van der Waals surface area (Å²) < 4.78 is 10.7. The van der Waals surface area contributed by atoms with Gasteiger partial charge in [-0.1, -0.05) is 24.3 Å². The number of benzene rings is 2. The first kappa shape index (κ1) is 13.0. The van der Waals surface area contributed by atoms with Crippen LogP contribution in [0.5, 0.6) is 11.5 Å². The summed E-state index contributed by atoms with van der Waals surface area (Å²) in [6.07, 6.45) is 3.37. The third kappa shape index (κ3) is 2.38. The van der Waals surface area contributed by atoms with Gasteiger partial charge in [0.1, 0.15) is 11.5 Å². The van der Waals surface area contributed by atoms with Crippen LogP contribution in [0.25, 0.3) is 0 Å². The molecule has 0 radical (unpaired) electrons. The first-order valence-electron chi connectivity index (χ1n) is 7.10. The molecule has 0 fully saturated rings. The van der Waals surface area contributed by atoms with Crippen LogP contribution in [0.1, 0.15) is 29.0 Å². The topological polar surface area (TPSA) is 18.5 Å². The average Bonchev–Trinajstić information content (AvgIpc) is 2.53. The molecule has 20 heavy (non-hydrogen) atoms. The molecule has 0 aliphatic heterocycles. The smallest absolute Gasteiger partial charge is 0.122 e. The normalized spacial score (nSPS) is 17.4. The van der Waals surface area contributed by atoms with Gasteiger partial charge in [0.15, 0.2) is 0 Å². The minimum atomic E-state index is 0.598. The molecule has 0 unspecified atom stereocenters. The Morgan fingerprint density at radius 2 is 1.75 bits per heavy atom. The van der Waals surface area contributed by atoms with E-state index in [1.807, 2.05) is 0 Å². The van der Waals surface area contributed by atoms with Crippen molar-refractivity contribution in [3.05, 3.63) is 59.2 Å². The summed E-state index contributed by atoms with van der Waals surface area (Å²) >= 11 is 0. The van der Waals surface area contributed by atoms with E-state index in [0.717, 1.165) is 24.3 Å². The van der Waals surface area contributed by atoms with E-state index >= 15 is 0 Å². The van der Waals surface area contributed by atoms with E-state index in [9.17, 15) is 0 Å². The van der Waals surface area contributed by atoms with Crippen LogP contribution in [-0.2, 0) is 12.8 Å². The van der Waals surface area contributed by atoms with Crippen molar-refractivity contribution in [2.45, 2.75) is 25.2 Å². The highest BCUT2D eigenvalue weighted by Gasteiger charge is 2.22. The fourth-order valence-corrected chi connectivity index (χ4v) is 3.12. The van der Waals surface area contributed by atoms with Gasteiger partial charge in [0.2, 0.25) is 0 Å². The van der Waals surface area contributed by atoms with Gasteiger partial charge < -0.3 is 9.47 Å². The Bertz CT molecular complexity index is 587. The molecule has 0 N–H and O–H groups in total. The minimum absolute atomic E-state index is 0.598. The second kappa shape index (κ2) is 5.58. The molecule has 3 rings (SSSR count). The van der Waals surface area contributed by atoms with Crippen molar-refractivity contribution in [2.24, 2.45) is 0 Å². The summed E-state index contributed by atoms with van der Waals surface area (Å²) in [4.78, 5) is 0. The lowest BCUT2D eigenvalue weighted by atomic mass is 9.80. The fraction of sp³-hybridized carbons (Fsp3) is 0.333. The molecule has 0 saturated heterocycles. The summed E-state index contributed by atoms with van der Waals surface area (Å²) in [7, 11) is 3.46. The zero-order valence-electron chi connectivity index (χ0n) is 12.1. The molecule has 104 valence electrons. The standard InChI is InChI=1S/C18H20O2/c1-19-16-9-6-13(7-10-16)14-8-11-17-15(12-14)4-3-5-18(17)20-2/h3-7,9-10,14H,8,11-12H2,1-2H3/t14-/m0/s1. The Morgan fingerprint density at radius 3 is 2.45 bits per heavy atom. The lowest BCUT2D eigenvalue weighted by molar-refractivity contribution is 0.404. The lowest BCUT2D eigenvalue weighted by Gasteiger charge is -2.26. The van der Waals surface area contributed by atoms with Crippen LogP contribution in [0.2, 0.25) is 0 Å². The van der Waals surface area contributed by atoms with Gasteiger partial charge in [-0.15, -0.1) is 0 Å². The Labute approximate surface area is 120 Å². The first-order chi connectivity index (χ1) is 9.81. The van der Waals surface area contributed by atoms with Crippen molar-refractivity contribution >= 4 is 0 Å². The molecule has 0 spiro atoms. The molecular weight excluding hydrogens is 248 g/mol. The molecule has 1 aliphatic rings. The van der Waals surface area contributed by atoms with Crippen LogP contribution >= 0.6 is 0 Å². The highest BCUT2D eigenvalue weighted by atomic mass is 16.5. The zero-order valence-corrected chi connectivity index (χ0v) is 12.1. The van der Waals surface area contributed by atoms with Crippen molar-refractivity contribution in [1.29, 1.82) is 0 Å². The van der Waals surface area contributed by atoms with E-state index in [-0.39, 0.29) is 0 Å². The third-order valence-electron chi connectivity index (χ3n) is 4.25.